The zero-order valence-corrected chi connectivity index (χ0v) is 17.5. The molecule has 3 aromatic rings. The molecular weight excluding hydrogens is 390 g/mol. The highest BCUT2D eigenvalue weighted by molar-refractivity contribution is 7.99. The summed E-state index contributed by atoms with van der Waals surface area (Å²) in [5.41, 5.74) is 1.09. The summed E-state index contributed by atoms with van der Waals surface area (Å²) in [7, 11) is 2.00. The van der Waals surface area contributed by atoms with Gasteiger partial charge in [-0.1, -0.05) is 23.9 Å². The number of piperidine rings is 1. The highest BCUT2D eigenvalue weighted by atomic mass is 32.2. The van der Waals surface area contributed by atoms with E-state index >= 15 is 0 Å². The van der Waals surface area contributed by atoms with E-state index in [0.717, 1.165) is 42.4 Å². The molecule has 28 heavy (non-hydrogen) atoms. The summed E-state index contributed by atoms with van der Waals surface area (Å²) in [5.74, 6) is 2.73. The third kappa shape index (κ3) is 3.55. The van der Waals surface area contributed by atoms with Crippen molar-refractivity contribution in [2.75, 3.05) is 18.8 Å². The SMILES string of the molecule is Cn1c(SCC(=O)N2CCC(c3nc4ccccc4s3)CC2)nnc1C1CC1. The van der Waals surface area contributed by atoms with Gasteiger partial charge in [0.2, 0.25) is 5.91 Å². The van der Waals surface area contributed by atoms with Crippen LogP contribution in [-0.4, -0.2) is 49.4 Å². The van der Waals surface area contributed by atoms with Crippen LogP contribution in [0.2, 0.25) is 0 Å². The van der Waals surface area contributed by atoms with Gasteiger partial charge >= 0.3 is 0 Å². The van der Waals surface area contributed by atoms with Crippen LogP contribution in [0.4, 0.5) is 0 Å². The molecule has 1 aliphatic carbocycles. The van der Waals surface area contributed by atoms with Crippen molar-refractivity contribution in [3.63, 3.8) is 0 Å². The number of benzene rings is 1. The van der Waals surface area contributed by atoms with Crippen LogP contribution in [0, 0.1) is 0 Å². The van der Waals surface area contributed by atoms with Crippen molar-refractivity contribution in [3.05, 3.63) is 35.1 Å². The number of likely N-dealkylation sites (tertiary alicyclic amines) is 1. The minimum absolute atomic E-state index is 0.198. The van der Waals surface area contributed by atoms with E-state index in [1.54, 1.807) is 11.3 Å². The molecule has 1 saturated carbocycles. The number of amides is 1. The molecule has 6 nitrogen and oxygen atoms in total. The van der Waals surface area contributed by atoms with Gasteiger partial charge in [0.25, 0.3) is 0 Å². The van der Waals surface area contributed by atoms with Crippen molar-refractivity contribution in [1.29, 1.82) is 0 Å². The molecule has 0 unspecified atom stereocenters. The Hall–Kier alpha value is -1.93. The summed E-state index contributed by atoms with van der Waals surface area (Å²) < 4.78 is 3.30. The second-order valence-corrected chi connectivity index (χ2v) is 9.64. The zero-order valence-electron chi connectivity index (χ0n) is 15.9. The fraction of sp³-hybridized carbons (Fsp3) is 0.500. The van der Waals surface area contributed by atoms with Crippen LogP contribution in [0.1, 0.15) is 48.4 Å². The smallest absolute Gasteiger partial charge is 0.233 e. The average Bonchev–Trinajstić information content (AvgIpc) is 3.36. The Bertz CT molecular complexity index is 968. The van der Waals surface area contributed by atoms with Crippen molar-refractivity contribution in [3.8, 4) is 0 Å². The summed E-state index contributed by atoms with van der Waals surface area (Å²) in [5, 5.41) is 10.6. The van der Waals surface area contributed by atoms with E-state index in [1.807, 2.05) is 18.0 Å². The molecule has 1 saturated heterocycles. The number of carbonyl (C=O) groups is 1. The minimum Gasteiger partial charge on any atom is -0.342 e. The van der Waals surface area contributed by atoms with E-state index < -0.39 is 0 Å². The molecular formula is C20H23N5OS2. The van der Waals surface area contributed by atoms with Gasteiger partial charge in [-0.15, -0.1) is 21.5 Å². The van der Waals surface area contributed by atoms with Gasteiger partial charge in [-0.05, 0) is 37.8 Å². The van der Waals surface area contributed by atoms with Crippen LogP contribution < -0.4 is 0 Å². The number of thioether (sulfide) groups is 1. The number of fused-ring (bicyclic) bond motifs is 1. The monoisotopic (exact) mass is 413 g/mol. The first-order chi connectivity index (χ1) is 13.7. The maximum absolute atomic E-state index is 12.7. The van der Waals surface area contributed by atoms with Gasteiger partial charge in [0.05, 0.1) is 21.0 Å². The van der Waals surface area contributed by atoms with Gasteiger partial charge < -0.3 is 9.47 Å². The lowest BCUT2D eigenvalue weighted by Crippen LogP contribution is -2.39. The van der Waals surface area contributed by atoms with Gasteiger partial charge in [-0.25, -0.2) is 4.98 Å². The molecule has 1 amide bonds. The molecule has 0 radical (unpaired) electrons. The molecule has 0 N–H and O–H groups in total. The molecule has 1 aromatic carbocycles. The number of hydrogen-bond acceptors (Lipinski definition) is 6. The molecule has 2 fully saturated rings. The van der Waals surface area contributed by atoms with Crippen molar-refractivity contribution in [1.82, 2.24) is 24.6 Å². The predicted octanol–water partition coefficient (Wildman–Crippen LogP) is 3.80. The molecule has 146 valence electrons. The average molecular weight is 414 g/mol. The third-order valence-electron chi connectivity index (χ3n) is 5.64. The van der Waals surface area contributed by atoms with Crippen LogP contribution in [0.3, 0.4) is 0 Å². The number of hydrogen-bond donors (Lipinski definition) is 0. The van der Waals surface area contributed by atoms with E-state index in [1.165, 1.54) is 34.3 Å². The van der Waals surface area contributed by atoms with Gasteiger partial charge in [-0.3, -0.25) is 4.79 Å². The number of aromatic nitrogens is 4. The Kier molecular flexibility index (Phi) is 4.84. The van der Waals surface area contributed by atoms with E-state index in [-0.39, 0.29) is 5.91 Å². The zero-order chi connectivity index (χ0) is 19.1. The van der Waals surface area contributed by atoms with Crippen molar-refractivity contribution < 1.29 is 4.79 Å². The Balaban J connectivity index is 1.15. The van der Waals surface area contributed by atoms with E-state index in [0.29, 0.717) is 17.6 Å². The number of thiazole rings is 1. The maximum atomic E-state index is 12.7. The number of para-hydroxylation sites is 1. The fourth-order valence-corrected chi connectivity index (χ4v) is 5.76. The Morgan fingerprint density at radius 2 is 1.93 bits per heavy atom. The van der Waals surface area contributed by atoms with Gasteiger partial charge in [0, 0.05) is 32.0 Å². The summed E-state index contributed by atoms with van der Waals surface area (Å²) in [6, 6.07) is 8.31. The molecule has 0 atom stereocenters. The second-order valence-electron chi connectivity index (χ2n) is 7.64. The molecule has 0 spiro atoms. The summed E-state index contributed by atoms with van der Waals surface area (Å²) in [6.45, 7) is 1.62. The lowest BCUT2D eigenvalue weighted by molar-refractivity contribution is -0.129. The van der Waals surface area contributed by atoms with Crippen molar-refractivity contribution in [2.24, 2.45) is 7.05 Å². The van der Waals surface area contributed by atoms with Crippen LogP contribution in [-0.2, 0) is 11.8 Å². The van der Waals surface area contributed by atoms with Crippen LogP contribution in [0.15, 0.2) is 29.4 Å². The van der Waals surface area contributed by atoms with E-state index in [4.69, 9.17) is 4.98 Å². The molecule has 3 heterocycles. The standard InChI is InChI=1S/C20H23N5OS2/c1-24-18(13-6-7-13)22-23-20(24)27-12-17(26)25-10-8-14(9-11-25)19-21-15-4-2-3-5-16(15)28-19/h2-5,13-14H,6-12H2,1H3. The second kappa shape index (κ2) is 7.48. The van der Waals surface area contributed by atoms with Crippen LogP contribution in [0.25, 0.3) is 10.2 Å². The van der Waals surface area contributed by atoms with Gasteiger partial charge in [0.1, 0.15) is 5.82 Å². The van der Waals surface area contributed by atoms with Crippen molar-refractivity contribution >= 4 is 39.2 Å². The number of carbonyl (C=O) groups excluding carboxylic acids is 1. The van der Waals surface area contributed by atoms with Gasteiger partial charge in [0.15, 0.2) is 5.16 Å². The molecule has 1 aliphatic heterocycles. The Labute approximate surface area is 172 Å². The topological polar surface area (TPSA) is 63.9 Å². The first-order valence-electron chi connectivity index (χ1n) is 9.84. The van der Waals surface area contributed by atoms with E-state index in [2.05, 4.69) is 33.0 Å². The lowest BCUT2D eigenvalue weighted by Gasteiger charge is -2.31. The van der Waals surface area contributed by atoms with Crippen LogP contribution in [0.5, 0.6) is 0 Å². The van der Waals surface area contributed by atoms with Crippen molar-refractivity contribution in [2.45, 2.75) is 42.7 Å². The van der Waals surface area contributed by atoms with Crippen LogP contribution >= 0.6 is 23.1 Å². The fourth-order valence-electron chi connectivity index (χ4n) is 3.81. The summed E-state index contributed by atoms with van der Waals surface area (Å²) in [4.78, 5) is 19.5. The number of rotatable bonds is 5. The Morgan fingerprint density at radius 1 is 1.14 bits per heavy atom. The molecule has 2 aromatic heterocycles. The summed E-state index contributed by atoms with van der Waals surface area (Å²) >= 11 is 3.30. The predicted molar refractivity (Wildman–Crippen MR) is 112 cm³/mol. The first-order valence-corrected chi connectivity index (χ1v) is 11.6. The number of nitrogens with zero attached hydrogens (tertiary/aromatic N) is 5. The first kappa shape index (κ1) is 18.1. The van der Waals surface area contributed by atoms with E-state index in [9.17, 15) is 4.79 Å². The quantitative estimate of drug-likeness (QED) is 0.595. The molecule has 0 bridgehead atoms. The highest BCUT2D eigenvalue weighted by Crippen LogP contribution is 2.39. The molecule has 2 aliphatic rings. The summed E-state index contributed by atoms with van der Waals surface area (Å²) in [6.07, 6.45) is 4.40. The normalized spacial score (nSPS) is 18.1. The third-order valence-corrected chi connectivity index (χ3v) is 7.85. The molecule has 8 heteroatoms. The molecule has 5 rings (SSSR count). The Morgan fingerprint density at radius 3 is 2.68 bits per heavy atom. The lowest BCUT2D eigenvalue weighted by atomic mass is 9.97. The highest BCUT2D eigenvalue weighted by Gasteiger charge is 2.30. The minimum atomic E-state index is 0.198. The van der Waals surface area contributed by atoms with Gasteiger partial charge in [-0.2, -0.15) is 0 Å². The largest absolute Gasteiger partial charge is 0.342 e. The maximum Gasteiger partial charge on any atom is 0.233 e.